The van der Waals surface area contributed by atoms with E-state index in [0.29, 0.717) is 36.6 Å². The number of thiol groups is 1. The minimum atomic E-state index is -4.07. The Morgan fingerprint density at radius 2 is 2.09 bits per heavy atom. The van der Waals surface area contributed by atoms with Crippen LogP contribution in [0.4, 0.5) is 5.69 Å². The van der Waals surface area contributed by atoms with Crippen LogP contribution in [0.25, 0.3) is 0 Å². The summed E-state index contributed by atoms with van der Waals surface area (Å²) in [5.74, 6) is -1.11. The average Bonchev–Trinajstić information content (AvgIpc) is 3.15. The van der Waals surface area contributed by atoms with E-state index in [9.17, 15) is 27.9 Å². The van der Waals surface area contributed by atoms with Gasteiger partial charge in [-0.3, -0.25) is 9.59 Å². The van der Waals surface area contributed by atoms with Crippen molar-refractivity contribution >= 4 is 69.5 Å². The first-order valence-corrected chi connectivity index (χ1v) is 13.7. The van der Waals surface area contributed by atoms with Gasteiger partial charge >= 0.3 is 5.97 Å². The highest BCUT2D eigenvalue weighted by atomic mass is 35.5. The van der Waals surface area contributed by atoms with Crippen LogP contribution in [0.3, 0.4) is 0 Å². The molecule has 2 aliphatic rings. The molecule has 2 heterocycles. The van der Waals surface area contributed by atoms with Crippen molar-refractivity contribution in [2.75, 3.05) is 23.4 Å². The largest absolute Gasteiger partial charge is 0.480 e. The molecule has 1 aromatic carbocycles. The number of carboxylic acid groups (broad SMARTS) is 1. The third kappa shape index (κ3) is 5.88. The molecule has 10 nitrogen and oxygen atoms in total. The highest BCUT2D eigenvalue weighted by Crippen LogP contribution is 2.32. The summed E-state index contributed by atoms with van der Waals surface area (Å²) in [5, 5.41) is 20.4. The number of sulfonamides is 1. The van der Waals surface area contributed by atoms with Gasteiger partial charge in [-0.05, 0) is 30.7 Å². The zero-order valence-corrected chi connectivity index (χ0v) is 20.9. The van der Waals surface area contributed by atoms with Crippen molar-refractivity contribution in [3.63, 3.8) is 0 Å². The number of fused-ring (bicyclic) bond motifs is 1. The fraction of sp³-hybridized carbons (Fsp3) is 0.526. The number of carbonyl (C=O) groups excluding carboxylic acids is 2. The van der Waals surface area contributed by atoms with E-state index in [4.69, 9.17) is 16.7 Å². The first-order chi connectivity index (χ1) is 15.4. The molecule has 2 aliphatic heterocycles. The van der Waals surface area contributed by atoms with Crippen molar-refractivity contribution in [1.82, 2.24) is 10.2 Å². The van der Waals surface area contributed by atoms with Gasteiger partial charge in [0.15, 0.2) is 0 Å². The van der Waals surface area contributed by atoms with E-state index in [0.717, 1.165) is 6.07 Å². The first-order valence-electron chi connectivity index (χ1n) is 10.1. The number of primary sulfonamides is 1. The van der Waals surface area contributed by atoms with Crippen LogP contribution in [0.15, 0.2) is 17.0 Å². The van der Waals surface area contributed by atoms with Crippen LogP contribution in [0, 0.1) is 5.92 Å². The summed E-state index contributed by atoms with van der Waals surface area (Å²) in [6.45, 7) is 2.07. The van der Waals surface area contributed by atoms with E-state index in [2.05, 4.69) is 23.3 Å². The summed E-state index contributed by atoms with van der Waals surface area (Å²) in [4.78, 5) is 37.7. The van der Waals surface area contributed by atoms with Gasteiger partial charge in [0, 0.05) is 23.5 Å². The number of anilines is 1. The molecule has 3 rings (SSSR count). The summed E-state index contributed by atoms with van der Waals surface area (Å²) in [7, 11) is -4.07. The number of benzene rings is 1. The Morgan fingerprint density at radius 3 is 2.70 bits per heavy atom. The SMILES string of the molecule is C[C@H](CS)C(=O)N1C[C@@H](SCCC2NC(=O)c3cc(S(N)(=O)=O)c(Cl)cc3N2)C[C@H]1C(=O)O. The van der Waals surface area contributed by atoms with Crippen molar-refractivity contribution in [2.45, 2.75) is 42.1 Å². The van der Waals surface area contributed by atoms with E-state index in [1.807, 2.05) is 0 Å². The van der Waals surface area contributed by atoms with Crippen LogP contribution < -0.4 is 15.8 Å². The number of hydrogen-bond donors (Lipinski definition) is 5. The number of rotatable bonds is 8. The summed E-state index contributed by atoms with van der Waals surface area (Å²) < 4.78 is 23.3. The van der Waals surface area contributed by atoms with Gasteiger partial charge in [-0.25, -0.2) is 18.4 Å². The maximum atomic E-state index is 12.5. The second kappa shape index (κ2) is 10.3. The quantitative estimate of drug-likeness (QED) is 0.310. The van der Waals surface area contributed by atoms with Crippen molar-refractivity contribution in [2.24, 2.45) is 11.1 Å². The monoisotopic (exact) mass is 536 g/mol. The lowest BCUT2D eigenvalue weighted by Gasteiger charge is -2.28. The van der Waals surface area contributed by atoms with Crippen molar-refractivity contribution in [1.29, 1.82) is 0 Å². The topological polar surface area (TPSA) is 159 Å². The van der Waals surface area contributed by atoms with Crippen LogP contribution >= 0.6 is 36.0 Å². The van der Waals surface area contributed by atoms with Gasteiger partial charge in [0.2, 0.25) is 15.9 Å². The third-order valence-electron chi connectivity index (χ3n) is 5.54. The van der Waals surface area contributed by atoms with E-state index in [1.54, 1.807) is 18.7 Å². The molecule has 0 aromatic heterocycles. The average molecular weight is 537 g/mol. The summed E-state index contributed by atoms with van der Waals surface area (Å²) in [6, 6.07) is 1.64. The number of nitrogens with zero attached hydrogens (tertiary/aromatic N) is 1. The minimum absolute atomic E-state index is 0.0412. The Hall–Kier alpha value is -1.67. The van der Waals surface area contributed by atoms with Crippen molar-refractivity contribution < 1.29 is 27.9 Å². The van der Waals surface area contributed by atoms with Gasteiger partial charge in [-0.1, -0.05) is 18.5 Å². The lowest BCUT2D eigenvalue weighted by molar-refractivity contribution is -0.149. The lowest BCUT2D eigenvalue weighted by atomic mass is 10.1. The Morgan fingerprint density at radius 1 is 1.39 bits per heavy atom. The molecule has 0 bridgehead atoms. The number of likely N-dealkylation sites (tertiary alicyclic amines) is 1. The number of amides is 2. The van der Waals surface area contributed by atoms with Gasteiger partial charge in [0.05, 0.1) is 22.4 Å². The number of aliphatic carboxylic acids is 1. The maximum absolute atomic E-state index is 12.5. The molecule has 4 atom stereocenters. The molecular weight excluding hydrogens is 512 g/mol. The zero-order chi connectivity index (χ0) is 24.5. The number of carbonyl (C=O) groups is 3. The molecule has 1 fully saturated rings. The Kier molecular flexibility index (Phi) is 8.10. The van der Waals surface area contributed by atoms with Crippen LogP contribution in [0.2, 0.25) is 5.02 Å². The summed E-state index contributed by atoms with van der Waals surface area (Å²) in [5.41, 5.74) is 0.523. The standard InChI is InChI=1S/C19H25ClN4O6S3/c1-9(8-31)18(26)24-7-10(4-14(24)19(27)28)32-3-2-16-22-13-6-12(20)15(33(21,29)30)5-11(13)17(25)23-16/h5-6,9-10,14,16,22,31H,2-4,7-8H2,1H3,(H,23,25)(H,27,28)(H2,21,29,30)/t9-,10+,14+,16?/m1/s1. The Labute approximate surface area is 206 Å². The second-order valence-electron chi connectivity index (χ2n) is 7.99. The first kappa shape index (κ1) is 25.9. The van der Waals surface area contributed by atoms with Crippen LogP contribution in [-0.2, 0) is 19.6 Å². The fourth-order valence-corrected chi connectivity index (χ4v) is 6.34. The Balaban J connectivity index is 1.60. The molecule has 182 valence electrons. The van der Waals surface area contributed by atoms with Gasteiger partial charge in [0.25, 0.3) is 5.91 Å². The number of thioether (sulfide) groups is 1. The van der Waals surface area contributed by atoms with Crippen molar-refractivity contribution in [3.05, 3.63) is 22.7 Å². The zero-order valence-electron chi connectivity index (χ0n) is 17.7. The molecule has 0 saturated carbocycles. The third-order valence-corrected chi connectivity index (χ3v) is 8.75. The lowest BCUT2D eigenvalue weighted by Crippen LogP contribution is -2.45. The van der Waals surface area contributed by atoms with Crippen LogP contribution in [0.5, 0.6) is 0 Å². The molecule has 0 aliphatic carbocycles. The van der Waals surface area contributed by atoms with Gasteiger partial charge in [-0.2, -0.15) is 24.4 Å². The van der Waals surface area contributed by atoms with Crippen LogP contribution in [0.1, 0.15) is 30.1 Å². The van der Waals surface area contributed by atoms with Gasteiger partial charge in [-0.15, -0.1) is 0 Å². The Bertz CT molecular complexity index is 1070. The molecular formula is C19H25ClN4O6S3. The molecule has 1 aromatic rings. The predicted molar refractivity (Wildman–Crippen MR) is 129 cm³/mol. The van der Waals surface area contributed by atoms with E-state index in [1.165, 1.54) is 11.0 Å². The summed E-state index contributed by atoms with van der Waals surface area (Å²) >= 11 is 11.7. The van der Waals surface area contributed by atoms with E-state index >= 15 is 0 Å². The smallest absolute Gasteiger partial charge is 0.326 e. The second-order valence-corrected chi connectivity index (χ2v) is 11.7. The summed E-state index contributed by atoms with van der Waals surface area (Å²) in [6.07, 6.45) is 0.441. The fourth-order valence-electron chi connectivity index (χ4n) is 3.79. The van der Waals surface area contributed by atoms with E-state index in [-0.39, 0.29) is 32.6 Å². The van der Waals surface area contributed by atoms with Gasteiger partial charge in [0.1, 0.15) is 10.9 Å². The molecule has 5 N–H and O–H groups in total. The number of carboxylic acids is 1. The van der Waals surface area contributed by atoms with Crippen molar-refractivity contribution in [3.8, 4) is 0 Å². The molecule has 1 saturated heterocycles. The number of halogens is 1. The van der Waals surface area contributed by atoms with Gasteiger partial charge < -0.3 is 20.6 Å². The molecule has 0 spiro atoms. The normalized spacial score (nSPS) is 23.5. The highest BCUT2D eigenvalue weighted by molar-refractivity contribution is 7.99. The number of hydrogen-bond acceptors (Lipinski definition) is 8. The predicted octanol–water partition coefficient (Wildman–Crippen LogP) is 1.21. The number of nitrogens with two attached hydrogens (primary N) is 1. The highest BCUT2D eigenvalue weighted by Gasteiger charge is 2.41. The molecule has 14 heteroatoms. The molecule has 1 unspecified atom stereocenters. The maximum Gasteiger partial charge on any atom is 0.326 e. The van der Waals surface area contributed by atoms with Crippen LogP contribution in [-0.4, -0.2) is 71.7 Å². The molecule has 33 heavy (non-hydrogen) atoms. The van der Waals surface area contributed by atoms with E-state index < -0.39 is 34.1 Å². The molecule has 2 amide bonds. The molecule has 0 radical (unpaired) electrons. The number of nitrogens with one attached hydrogen (secondary N) is 2. The minimum Gasteiger partial charge on any atom is -0.480 e.